The molecular formula is C14H18F2N2O5. The lowest BCUT2D eigenvalue weighted by Crippen LogP contribution is -2.45. The minimum atomic E-state index is -2.74. The number of nitrogens with one attached hydrogen (secondary N) is 1. The van der Waals surface area contributed by atoms with Gasteiger partial charge in [0, 0.05) is 0 Å². The fourth-order valence-electron chi connectivity index (χ4n) is 2.13. The van der Waals surface area contributed by atoms with Crippen LogP contribution in [0.2, 0.25) is 0 Å². The Kier molecular flexibility index (Phi) is 6.20. The highest BCUT2D eigenvalue weighted by molar-refractivity contribution is 5.22. The molecular weight excluding hydrogens is 314 g/mol. The van der Waals surface area contributed by atoms with E-state index in [0.29, 0.717) is 10.8 Å². The van der Waals surface area contributed by atoms with E-state index in [1.54, 1.807) is 4.98 Å². The van der Waals surface area contributed by atoms with E-state index < -0.39 is 47.8 Å². The third-order valence-electron chi connectivity index (χ3n) is 3.12. The number of nitrogens with zero attached hydrogens (tertiary/aromatic N) is 1. The van der Waals surface area contributed by atoms with E-state index in [1.165, 1.54) is 6.92 Å². The van der Waals surface area contributed by atoms with Crippen LogP contribution in [0.5, 0.6) is 0 Å². The maximum atomic E-state index is 14.9. The molecule has 2 heterocycles. The normalized spacial score (nSPS) is 29.3. The molecule has 1 saturated heterocycles. The van der Waals surface area contributed by atoms with Gasteiger partial charge in [0.25, 0.3) is 5.56 Å². The van der Waals surface area contributed by atoms with Crippen LogP contribution in [0.25, 0.3) is 0 Å². The van der Waals surface area contributed by atoms with Crippen molar-refractivity contribution in [1.29, 1.82) is 0 Å². The van der Waals surface area contributed by atoms with Gasteiger partial charge in [-0.3, -0.25) is 14.3 Å². The first-order chi connectivity index (χ1) is 10.8. The Morgan fingerprint density at radius 3 is 2.61 bits per heavy atom. The van der Waals surface area contributed by atoms with Gasteiger partial charge in [0.2, 0.25) is 11.5 Å². The van der Waals surface area contributed by atoms with Crippen molar-refractivity contribution in [2.45, 2.75) is 44.9 Å². The van der Waals surface area contributed by atoms with Crippen molar-refractivity contribution in [2.75, 3.05) is 6.61 Å². The van der Waals surface area contributed by atoms with Gasteiger partial charge in [-0.05, 0) is 6.92 Å². The first-order valence-corrected chi connectivity index (χ1v) is 6.93. The average molecular weight is 332 g/mol. The van der Waals surface area contributed by atoms with Crippen LogP contribution in [0.4, 0.5) is 8.78 Å². The fraction of sp³-hybridized carbons (Fsp3) is 0.571. The van der Waals surface area contributed by atoms with Crippen molar-refractivity contribution in [3.05, 3.63) is 32.9 Å². The van der Waals surface area contributed by atoms with Crippen LogP contribution >= 0.6 is 0 Å². The second-order valence-corrected chi connectivity index (χ2v) is 4.44. The van der Waals surface area contributed by atoms with E-state index in [-0.39, 0.29) is 0 Å². The number of halogens is 2. The van der Waals surface area contributed by atoms with Crippen molar-refractivity contribution in [2.24, 2.45) is 0 Å². The van der Waals surface area contributed by atoms with Crippen molar-refractivity contribution in [3.8, 4) is 11.8 Å². The van der Waals surface area contributed by atoms with E-state index in [0.717, 1.165) is 0 Å². The highest BCUT2D eigenvalue weighted by atomic mass is 19.1. The van der Waals surface area contributed by atoms with Gasteiger partial charge >= 0.3 is 5.69 Å². The molecule has 128 valence electrons. The van der Waals surface area contributed by atoms with Crippen molar-refractivity contribution in [3.63, 3.8) is 0 Å². The van der Waals surface area contributed by atoms with Gasteiger partial charge in [0.15, 0.2) is 6.23 Å². The number of rotatable bonds is 2. The fourth-order valence-corrected chi connectivity index (χ4v) is 2.13. The highest BCUT2D eigenvalue weighted by Crippen LogP contribution is 2.40. The van der Waals surface area contributed by atoms with Crippen LogP contribution < -0.4 is 11.2 Å². The molecule has 4 atom stereocenters. The number of aromatic amines is 1. The predicted molar refractivity (Wildman–Crippen MR) is 76.9 cm³/mol. The molecule has 1 aromatic rings. The standard InChI is InChI=1S/C12H12F2N2O5.C2H6/c1-2-3-12(14)8(18)7(5-17)21-10(12)16-4-6(13)9(19)15-11(16)20;1-2/h4,7-8,10,17-18H,5H2,1H3,(H,15,19,20);1-2H3/t7?,8-,10?,12?;/m0./s1. The lowest BCUT2D eigenvalue weighted by molar-refractivity contribution is -0.0547. The number of aliphatic hydroxyl groups is 2. The Labute approximate surface area is 130 Å². The maximum Gasteiger partial charge on any atom is 0.330 e. The Morgan fingerprint density at radius 2 is 2.09 bits per heavy atom. The van der Waals surface area contributed by atoms with Crippen LogP contribution in [0.1, 0.15) is 27.0 Å². The SMILES string of the molecule is CC.CC#CC1(F)C(n2cc(F)c(=O)[nH]c2=O)OC(CO)[C@@H]1O. The topological polar surface area (TPSA) is 105 Å². The summed E-state index contributed by atoms with van der Waals surface area (Å²) in [7, 11) is 0. The largest absolute Gasteiger partial charge is 0.394 e. The number of aliphatic hydroxyl groups excluding tert-OH is 2. The van der Waals surface area contributed by atoms with Crippen LogP contribution in [0.3, 0.4) is 0 Å². The molecule has 1 fully saturated rings. The lowest BCUT2D eigenvalue weighted by atomic mass is 9.96. The van der Waals surface area contributed by atoms with Gasteiger partial charge in [-0.1, -0.05) is 19.8 Å². The summed E-state index contributed by atoms with van der Waals surface area (Å²) in [4.78, 5) is 24.3. The van der Waals surface area contributed by atoms with E-state index >= 15 is 0 Å². The number of ether oxygens (including phenoxy) is 1. The van der Waals surface area contributed by atoms with Crippen LogP contribution in [0, 0.1) is 17.7 Å². The van der Waals surface area contributed by atoms with Crippen LogP contribution in [-0.4, -0.2) is 44.2 Å². The first kappa shape index (κ1) is 19.0. The zero-order valence-corrected chi connectivity index (χ0v) is 12.8. The molecule has 0 spiro atoms. The summed E-state index contributed by atoms with van der Waals surface area (Å²) in [5.74, 6) is 2.98. The number of hydrogen-bond donors (Lipinski definition) is 3. The van der Waals surface area contributed by atoms with Gasteiger partial charge in [-0.25, -0.2) is 9.18 Å². The monoisotopic (exact) mass is 332 g/mol. The van der Waals surface area contributed by atoms with E-state index in [2.05, 4.69) is 11.8 Å². The van der Waals surface area contributed by atoms with Gasteiger partial charge in [-0.15, -0.1) is 5.92 Å². The molecule has 3 N–H and O–H groups in total. The molecule has 0 radical (unpaired) electrons. The van der Waals surface area contributed by atoms with E-state index in [4.69, 9.17) is 9.84 Å². The van der Waals surface area contributed by atoms with Crippen molar-refractivity contribution >= 4 is 0 Å². The van der Waals surface area contributed by atoms with Gasteiger partial charge in [-0.2, -0.15) is 4.39 Å². The second-order valence-electron chi connectivity index (χ2n) is 4.44. The van der Waals surface area contributed by atoms with Crippen LogP contribution in [-0.2, 0) is 4.74 Å². The molecule has 0 saturated carbocycles. The smallest absolute Gasteiger partial charge is 0.330 e. The molecule has 3 unspecified atom stereocenters. The molecule has 2 rings (SSSR count). The third kappa shape index (κ3) is 3.34. The highest BCUT2D eigenvalue weighted by Gasteiger charge is 2.57. The summed E-state index contributed by atoms with van der Waals surface area (Å²) >= 11 is 0. The first-order valence-electron chi connectivity index (χ1n) is 6.93. The minimum absolute atomic E-state index is 0.444. The number of alkyl halides is 1. The maximum absolute atomic E-state index is 14.9. The number of aromatic nitrogens is 2. The summed E-state index contributed by atoms with van der Waals surface area (Å²) in [6.07, 6.45) is -4.54. The minimum Gasteiger partial charge on any atom is -0.394 e. The molecule has 1 aliphatic heterocycles. The third-order valence-corrected chi connectivity index (χ3v) is 3.12. The Hall–Kier alpha value is -2.02. The Balaban J connectivity index is 0.00000127. The van der Waals surface area contributed by atoms with Crippen molar-refractivity contribution < 1.29 is 23.7 Å². The Morgan fingerprint density at radius 1 is 1.48 bits per heavy atom. The average Bonchev–Trinajstić information content (AvgIpc) is 2.77. The zero-order valence-electron chi connectivity index (χ0n) is 12.8. The number of hydrogen-bond acceptors (Lipinski definition) is 5. The van der Waals surface area contributed by atoms with Crippen LogP contribution in [0.15, 0.2) is 15.8 Å². The quantitative estimate of drug-likeness (QED) is 0.644. The summed E-state index contributed by atoms with van der Waals surface area (Å²) in [5, 5.41) is 18.9. The van der Waals surface area contributed by atoms with Gasteiger partial charge in [0.1, 0.15) is 12.2 Å². The second kappa shape index (κ2) is 7.50. The van der Waals surface area contributed by atoms with E-state index in [1.807, 2.05) is 13.8 Å². The molecule has 1 aromatic heterocycles. The zero-order chi connectivity index (χ0) is 17.8. The van der Waals surface area contributed by atoms with Gasteiger partial charge < -0.3 is 14.9 Å². The molecule has 7 nitrogen and oxygen atoms in total. The summed E-state index contributed by atoms with van der Waals surface area (Å²) in [6.45, 7) is 4.57. The molecule has 0 aromatic carbocycles. The summed E-state index contributed by atoms with van der Waals surface area (Å²) in [5.41, 5.74) is -5.13. The molecule has 1 aliphatic rings. The molecule has 0 aliphatic carbocycles. The predicted octanol–water partition coefficient (Wildman–Crippen LogP) is -0.316. The Bertz CT molecular complexity index is 720. The molecule has 23 heavy (non-hydrogen) atoms. The summed E-state index contributed by atoms with van der Waals surface area (Å²) < 4.78 is 33.7. The lowest BCUT2D eigenvalue weighted by Gasteiger charge is -2.23. The van der Waals surface area contributed by atoms with Gasteiger partial charge in [0.05, 0.1) is 12.8 Å². The summed E-state index contributed by atoms with van der Waals surface area (Å²) in [6, 6.07) is 0. The molecule has 9 heteroatoms. The van der Waals surface area contributed by atoms with Crippen molar-refractivity contribution in [1.82, 2.24) is 9.55 Å². The molecule has 0 amide bonds. The number of H-pyrrole nitrogens is 1. The molecule has 0 bridgehead atoms. The van der Waals surface area contributed by atoms with E-state index in [9.17, 15) is 23.5 Å².